The van der Waals surface area contributed by atoms with Gasteiger partial charge in [0, 0.05) is 36.9 Å². The molecule has 2 aromatic rings. The largest absolute Gasteiger partial charge is 0.366 e. The van der Waals surface area contributed by atoms with Crippen molar-refractivity contribution < 1.29 is 0 Å². The predicted molar refractivity (Wildman–Crippen MR) is 81.6 cm³/mol. The third-order valence-electron chi connectivity index (χ3n) is 3.80. The van der Waals surface area contributed by atoms with Gasteiger partial charge in [0.2, 0.25) is 0 Å². The zero-order valence-corrected chi connectivity index (χ0v) is 11.3. The molecule has 1 heterocycles. The van der Waals surface area contributed by atoms with E-state index >= 15 is 0 Å². The SMILES string of the molecule is CC1CNCCN1c1ccccc1-c1ccccc1. The fourth-order valence-corrected chi connectivity index (χ4v) is 2.78. The van der Waals surface area contributed by atoms with Crippen molar-refractivity contribution in [2.24, 2.45) is 0 Å². The van der Waals surface area contributed by atoms with Crippen molar-refractivity contribution in [1.82, 2.24) is 5.32 Å². The number of anilines is 1. The van der Waals surface area contributed by atoms with Crippen LogP contribution < -0.4 is 10.2 Å². The normalized spacial score (nSPS) is 19.4. The van der Waals surface area contributed by atoms with Crippen LogP contribution in [-0.4, -0.2) is 25.7 Å². The summed E-state index contributed by atoms with van der Waals surface area (Å²) in [5.74, 6) is 0. The molecule has 98 valence electrons. The van der Waals surface area contributed by atoms with Crippen LogP contribution in [0, 0.1) is 0 Å². The van der Waals surface area contributed by atoms with Crippen LogP contribution in [0.2, 0.25) is 0 Å². The summed E-state index contributed by atoms with van der Waals surface area (Å²) in [6.07, 6.45) is 0. The van der Waals surface area contributed by atoms with Crippen LogP contribution in [0.15, 0.2) is 54.6 Å². The van der Waals surface area contributed by atoms with Crippen LogP contribution in [0.1, 0.15) is 6.92 Å². The molecule has 1 saturated heterocycles. The lowest BCUT2D eigenvalue weighted by Gasteiger charge is -2.37. The molecule has 0 bridgehead atoms. The summed E-state index contributed by atoms with van der Waals surface area (Å²) >= 11 is 0. The number of nitrogens with zero attached hydrogens (tertiary/aromatic N) is 1. The van der Waals surface area contributed by atoms with Crippen molar-refractivity contribution in [3.05, 3.63) is 54.6 Å². The molecule has 0 aliphatic carbocycles. The minimum atomic E-state index is 0.540. The van der Waals surface area contributed by atoms with E-state index in [0.717, 1.165) is 19.6 Å². The molecular weight excluding hydrogens is 232 g/mol. The Morgan fingerprint density at radius 2 is 1.74 bits per heavy atom. The van der Waals surface area contributed by atoms with Crippen molar-refractivity contribution >= 4 is 5.69 Å². The van der Waals surface area contributed by atoms with Crippen molar-refractivity contribution in [2.45, 2.75) is 13.0 Å². The van der Waals surface area contributed by atoms with Gasteiger partial charge >= 0.3 is 0 Å². The van der Waals surface area contributed by atoms with Crippen LogP contribution in [0.25, 0.3) is 11.1 Å². The fraction of sp³-hybridized carbons (Fsp3) is 0.294. The van der Waals surface area contributed by atoms with Gasteiger partial charge in [-0.15, -0.1) is 0 Å². The number of hydrogen-bond donors (Lipinski definition) is 1. The zero-order valence-electron chi connectivity index (χ0n) is 11.3. The number of para-hydroxylation sites is 1. The van der Waals surface area contributed by atoms with Gasteiger partial charge in [0.15, 0.2) is 0 Å². The summed E-state index contributed by atoms with van der Waals surface area (Å²) < 4.78 is 0. The first-order chi connectivity index (χ1) is 9.36. The van der Waals surface area contributed by atoms with Crippen LogP contribution in [0.3, 0.4) is 0 Å². The Morgan fingerprint density at radius 3 is 2.53 bits per heavy atom. The zero-order chi connectivity index (χ0) is 13.1. The molecule has 0 radical (unpaired) electrons. The molecule has 1 N–H and O–H groups in total. The third kappa shape index (κ3) is 2.49. The molecule has 19 heavy (non-hydrogen) atoms. The first-order valence-electron chi connectivity index (χ1n) is 6.98. The third-order valence-corrected chi connectivity index (χ3v) is 3.80. The van der Waals surface area contributed by atoms with Crippen LogP contribution in [0.4, 0.5) is 5.69 Å². The molecule has 2 nitrogen and oxygen atoms in total. The molecular formula is C17H20N2. The van der Waals surface area contributed by atoms with Gasteiger partial charge in [-0.2, -0.15) is 0 Å². The van der Waals surface area contributed by atoms with Gasteiger partial charge in [-0.1, -0.05) is 48.5 Å². The number of piperazine rings is 1. The maximum atomic E-state index is 3.45. The van der Waals surface area contributed by atoms with E-state index in [1.807, 2.05) is 0 Å². The number of nitrogens with one attached hydrogen (secondary N) is 1. The second-order valence-electron chi connectivity index (χ2n) is 5.13. The molecule has 1 aliphatic heterocycles. The molecule has 1 aliphatic rings. The smallest absolute Gasteiger partial charge is 0.0449 e. The molecule has 1 unspecified atom stereocenters. The molecule has 0 amide bonds. The lowest BCUT2D eigenvalue weighted by Crippen LogP contribution is -2.50. The Balaban J connectivity index is 2.02. The maximum Gasteiger partial charge on any atom is 0.0449 e. The standard InChI is InChI=1S/C17H20N2/c1-14-13-18-11-12-19(14)17-10-6-5-9-16(17)15-7-3-2-4-8-15/h2-10,14,18H,11-13H2,1H3. The predicted octanol–water partition coefficient (Wildman–Crippen LogP) is 3.15. The average molecular weight is 252 g/mol. The first kappa shape index (κ1) is 12.2. The van der Waals surface area contributed by atoms with E-state index in [4.69, 9.17) is 0 Å². The lowest BCUT2D eigenvalue weighted by atomic mass is 10.0. The first-order valence-corrected chi connectivity index (χ1v) is 6.98. The van der Waals surface area contributed by atoms with E-state index in [1.165, 1.54) is 16.8 Å². The van der Waals surface area contributed by atoms with Crippen molar-refractivity contribution in [2.75, 3.05) is 24.5 Å². The van der Waals surface area contributed by atoms with Crippen molar-refractivity contribution in [3.63, 3.8) is 0 Å². The quantitative estimate of drug-likeness (QED) is 0.883. The van der Waals surface area contributed by atoms with Gasteiger partial charge in [0.25, 0.3) is 0 Å². The van der Waals surface area contributed by atoms with Crippen LogP contribution in [-0.2, 0) is 0 Å². The van der Waals surface area contributed by atoms with Crippen LogP contribution in [0.5, 0.6) is 0 Å². The average Bonchev–Trinajstić information content (AvgIpc) is 2.49. The highest BCUT2D eigenvalue weighted by molar-refractivity contribution is 5.78. The maximum absolute atomic E-state index is 3.45. The Bertz CT molecular complexity index is 536. The van der Waals surface area contributed by atoms with E-state index in [2.05, 4.69) is 71.7 Å². The highest BCUT2D eigenvalue weighted by Gasteiger charge is 2.20. The minimum Gasteiger partial charge on any atom is -0.366 e. The minimum absolute atomic E-state index is 0.540. The molecule has 0 spiro atoms. The Kier molecular flexibility index (Phi) is 3.51. The van der Waals surface area contributed by atoms with E-state index in [1.54, 1.807) is 0 Å². The van der Waals surface area contributed by atoms with Gasteiger partial charge in [-0.05, 0) is 18.6 Å². The number of hydrogen-bond acceptors (Lipinski definition) is 2. The van der Waals surface area contributed by atoms with Gasteiger partial charge in [-0.3, -0.25) is 0 Å². The van der Waals surface area contributed by atoms with E-state index in [0.29, 0.717) is 6.04 Å². The number of benzene rings is 2. The topological polar surface area (TPSA) is 15.3 Å². The molecule has 0 saturated carbocycles. The van der Waals surface area contributed by atoms with Gasteiger partial charge in [0.05, 0.1) is 0 Å². The van der Waals surface area contributed by atoms with E-state index in [-0.39, 0.29) is 0 Å². The van der Waals surface area contributed by atoms with Crippen molar-refractivity contribution in [1.29, 1.82) is 0 Å². The summed E-state index contributed by atoms with van der Waals surface area (Å²) in [4.78, 5) is 2.51. The second kappa shape index (κ2) is 5.45. The lowest BCUT2D eigenvalue weighted by molar-refractivity contribution is 0.501. The Morgan fingerprint density at radius 1 is 1.00 bits per heavy atom. The highest BCUT2D eigenvalue weighted by Crippen LogP contribution is 2.31. The highest BCUT2D eigenvalue weighted by atomic mass is 15.2. The van der Waals surface area contributed by atoms with Gasteiger partial charge in [-0.25, -0.2) is 0 Å². The summed E-state index contributed by atoms with van der Waals surface area (Å²) in [5.41, 5.74) is 3.98. The molecule has 1 atom stereocenters. The summed E-state index contributed by atoms with van der Waals surface area (Å²) in [6, 6.07) is 19.9. The monoisotopic (exact) mass is 252 g/mol. The number of rotatable bonds is 2. The summed E-state index contributed by atoms with van der Waals surface area (Å²) in [6.45, 7) is 5.48. The molecule has 1 fully saturated rings. The van der Waals surface area contributed by atoms with Gasteiger partial charge < -0.3 is 10.2 Å². The Labute approximate surface area is 115 Å². The summed E-state index contributed by atoms with van der Waals surface area (Å²) in [7, 11) is 0. The van der Waals surface area contributed by atoms with Gasteiger partial charge in [0.1, 0.15) is 0 Å². The summed E-state index contributed by atoms with van der Waals surface area (Å²) in [5, 5.41) is 3.45. The van der Waals surface area contributed by atoms with E-state index in [9.17, 15) is 0 Å². The molecule has 2 heteroatoms. The van der Waals surface area contributed by atoms with E-state index < -0.39 is 0 Å². The van der Waals surface area contributed by atoms with Crippen LogP contribution >= 0.6 is 0 Å². The second-order valence-corrected chi connectivity index (χ2v) is 5.13. The molecule has 2 aromatic carbocycles. The molecule has 0 aromatic heterocycles. The van der Waals surface area contributed by atoms with Crippen molar-refractivity contribution in [3.8, 4) is 11.1 Å². The fourth-order valence-electron chi connectivity index (χ4n) is 2.78. The Hall–Kier alpha value is -1.80. The molecule has 3 rings (SSSR count).